The van der Waals surface area contributed by atoms with Gasteiger partial charge >= 0.3 is 0 Å². The van der Waals surface area contributed by atoms with E-state index in [9.17, 15) is 0 Å². The Bertz CT molecular complexity index is 2180. The summed E-state index contributed by atoms with van der Waals surface area (Å²) in [7, 11) is 0. The zero-order valence-corrected chi connectivity index (χ0v) is 22.8. The molecule has 42 heavy (non-hydrogen) atoms. The number of furan rings is 1. The van der Waals surface area contributed by atoms with Gasteiger partial charge in [0.1, 0.15) is 11.3 Å². The molecule has 0 spiro atoms. The number of fused-ring (bicyclic) bond motifs is 4. The number of aromatic nitrogens is 1. The summed E-state index contributed by atoms with van der Waals surface area (Å²) in [4.78, 5) is 7.03. The molecule has 198 valence electrons. The van der Waals surface area contributed by atoms with Gasteiger partial charge in [-0.05, 0) is 57.8 Å². The molecule has 0 saturated carbocycles. The van der Waals surface area contributed by atoms with Crippen molar-refractivity contribution in [3.8, 4) is 22.3 Å². The van der Waals surface area contributed by atoms with E-state index >= 15 is 0 Å². The molecule has 0 unspecified atom stereocenters. The Morgan fingerprint density at radius 2 is 1.10 bits per heavy atom. The van der Waals surface area contributed by atoms with Crippen molar-refractivity contribution in [1.82, 2.24) is 4.98 Å². The predicted molar refractivity (Wildman–Crippen MR) is 175 cm³/mol. The molecule has 0 aliphatic rings. The number of nitrogens with zero attached hydrogens (tertiary/aromatic N) is 2. The highest BCUT2D eigenvalue weighted by Gasteiger charge is 2.22. The summed E-state index contributed by atoms with van der Waals surface area (Å²) in [5.74, 6) is 0. The topological polar surface area (TPSA) is 29.3 Å². The maximum Gasteiger partial charge on any atom is 0.162 e. The third-order valence-electron chi connectivity index (χ3n) is 7.93. The van der Waals surface area contributed by atoms with Gasteiger partial charge < -0.3 is 9.32 Å². The van der Waals surface area contributed by atoms with Crippen LogP contribution >= 0.6 is 0 Å². The number of hydrogen-bond donors (Lipinski definition) is 0. The molecule has 0 radical (unpaired) electrons. The molecule has 0 aliphatic carbocycles. The predicted octanol–water partition coefficient (Wildman–Crippen LogP) is 10.9. The number of rotatable bonds is 5. The SMILES string of the molecule is c1ccc(-c2ccc(N(c3ccccc3-c3ccccc3)c3cncc4c3oc3cc5ccccc5cc34)cc2)cc1. The van der Waals surface area contributed by atoms with Crippen LogP contribution in [0.25, 0.3) is 55.0 Å². The van der Waals surface area contributed by atoms with Crippen LogP contribution in [0, 0.1) is 0 Å². The van der Waals surface area contributed by atoms with E-state index in [1.54, 1.807) is 0 Å². The van der Waals surface area contributed by atoms with Gasteiger partial charge in [-0.1, -0.05) is 115 Å². The minimum absolute atomic E-state index is 0.810. The van der Waals surface area contributed by atoms with Crippen molar-refractivity contribution in [2.45, 2.75) is 0 Å². The van der Waals surface area contributed by atoms with Crippen molar-refractivity contribution in [3.05, 3.63) is 158 Å². The van der Waals surface area contributed by atoms with Gasteiger partial charge in [0, 0.05) is 28.2 Å². The Morgan fingerprint density at radius 3 is 1.86 bits per heavy atom. The fraction of sp³-hybridized carbons (Fsp3) is 0. The molecule has 0 atom stereocenters. The normalized spacial score (nSPS) is 11.3. The quantitative estimate of drug-likeness (QED) is 0.218. The van der Waals surface area contributed by atoms with Crippen LogP contribution in [-0.2, 0) is 0 Å². The third-order valence-corrected chi connectivity index (χ3v) is 7.93. The average molecular weight is 539 g/mol. The molecule has 8 rings (SSSR count). The molecule has 6 aromatic carbocycles. The van der Waals surface area contributed by atoms with E-state index in [1.807, 2.05) is 18.5 Å². The lowest BCUT2D eigenvalue weighted by atomic mass is 10.0. The second kappa shape index (κ2) is 10.1. The molecule has 3 nitrogen and oxygen atoms in total. The molecule has 0 saturated heterocycles. The largest absolute Gasteiger partial charge is 0.454 e. The molecular formula is C39H26N2O. The zero-order valence-electron chi connectivity index (χ0n) is 22.8. The van der Waals surface area contributed by atoms with Crippen molar-refractivity contribution in [2.24, 2.45) is 0 Å². The van der Waals surface area contributed by atoms with Gasteiger partial charge in [-0.15, -0.1) is 0 Å². The van der Waals surface area contributed by atoms with Crippen LogP contribution in [0.2, 0.25) is 0 Å². The monoisotopic (exact) mass is 538 g/mol. The van der Waals surface area contributed by atoms with Crippen LogP contribution in [0.5, 0.6) is 0 Å². The molecule has 2 heterocycles. The summed E-state index contributed by atoms with van der Waals surface area (Å²) in [6.45, 7) is 0. The van der Waals surface area contributed by atoms with Crippen LogP contribution in [0.1, 0.15) is 0 Å². The number of pyridine rings is 1. The van der Waals surface area contributed by atoms with Crippen LogP contribution < -0.4 is 4.90 Å². The van der Waals surface area contributed by atoms with E-state index in [0.717, 1.165) is 55.5 Å². The molecule has 3 heteroatoms. The molecule has 8 aromatic rings. The molecule has 0 aliphatic heterocycles. The Balaban J connectivity index is 1.38. The molecule has 0 bridgehead atoms. The van der Waals surface area contributed by atoms with Gasteiger partial charge in [0.15, 0.2) is 5.58 Å². The molecular weight excluding hydrogens is 512 g/mol. The smallest absolute Gasteiger partial charge is 0.162 e. The Morgan fingerprint density at radius 1 is 0.476 bits per heavy atom. The number of anilines is 3. The van der Waals surface area contributed by atoms with Crippen molar-refractivity contribution in [1.29, 1.82) is 0 Å². The van der Waals surface area contributed by atoms with Crippen molar-refractivity contribution in [3.63, 3.8) is 0 Å². The van der Waals surface area contributed by atoms with E-state index in [0.29, 0.717) is 0 Å². The van der Waals surface area contributed by atoms with E-state index < -0.39 is 0 Å². The van der Waals surface area contributed by atoms with Crippen molar-refractivity contribution < 1.29 is 4.42 Å². The number of benzene rings is 6. The lowest BCUT2D eigenvalue weighted by Crippen LogP contribution is -2.11. The Kier molecular flexibility index (Phi) is 5.79. The standard InChI is InChI=1S/C39H26N2O/c1-3-11-27(12-4-1)28-19-21-32(22-20-28)41(36-18-10-9-17-33(36)29-13-5-2-6-14-29)37-26-40-25-35-34-23-30-15-7-8-16-31(30)24-38(34)42-39(35)37/h1-26H. The van der Waals surface area contributed by atoms with E-state index in [2.05, 4.69) is 144 Å². The minimum Gasteiger partial charge on any atom is -0.454 e. The second-order valence-electron chi connectivity index (χ2n) is 10.5. The first kappa shape index (κ1) is 24.2. The second-order valence-corrected chi connectivity index (χ2v) is 10.5. The van der Waals surface area contributed by atoms with Crippen molar-refractivity contribution in [2.75, 3.05) is 4.90 Å². The number of para-hydroxylation sites is 1. The van der Waals surface area contributed by atoms with Gasteiger partial charge in [-0.25, -0.2) is 0 Å². The highest BCUT2D eigenvalue weighted by atomic mass is 16.3. The summed E-state index contributed by atoms with van der Waals surface area (Å²) in [6.07, 6.45) is 3.83. The van der Waals surface area contributed by atoms with Crippen LogP contribution in [-0.4, -0.2) is 4.98 Å². The number of hydrogen-bond acceptors (Lipinski definition) is 3. The van der Waals surface area contributed by atoms with E-state index in [-0.39, 0.29) is 0 Å². The molecule has 0 amide bonds. The highest BCUT2D eigenvalue weighted by molar-refractivity contribution is 6.13. The average Bonchev–Trinajstić information content (AvgIpc) is 3.43. The summed E-state index contributed by atoms with van der Waals surface area (Å²) >= 11 is 0. The van der Waals surface area contributed by atoms with Crippen LogP contribution in [0.15, 0.2) is 162 Å². The van der Waals surface area contributed by atoms with Gasteiger partial charge in [0.05, 0.1) is 11.9 Å². The van der Waals surface area contributed by atoms with E-state index in [1.165, 1.54) is 16.5 Å². The first-order valence-corrected chi connectivity index (χ1v) is 14.1. The molecule has 0 N–H and O–H groups in total. The summed E-state index contributed by atoms with van der Waals surface area (Å²) in [6, 6.07) is 51.0. The maximum absolute atomic E-state index is 6.67. The maximum atomic E-state index is 6.67. The summed E-state index contributed by atoms with van der Waals surface area (Å²) in [5.41, 5.74) is 9.27. The van der Waals surface area contributed by atoms with Gasteiger partial charge in [0.2, 0.25) is 0 Å². The van der Waals surface area contributed by atoms with E-state index in [4.69, 9.17) is 9.40 Å². The fourth-order valence-corrected chi connectivity index (χ4v) is 5.89. The zero-order chi connectivity index (χ0) is 27.9. The lowest BCUT2D eigenvalue weighted by Gasteiger charge is -2.27. The minimum atomic E-state index is 0.810. The van der Waals surface area contributed by atoms with Crippen LogP contribution in [0.3, 0.4) is 0 Å². The summed E-state index contributed by atoms with van der Waals surface area (Å²) < 4.78 is 6.67. The van der Waals surface area contributed by atoms with Crippen LogP contribution in [0.4, 0.5) is 17.1 Å². The Labute approximate surface area is 243 Å². The third kappa shape index (κ3) is 4.11. The highest BCUT2D eigenvalue weighted by Crippen LogP contribution is 2.45. The fourth-order valence-electron chi connectivity index (χ4n) is 5.89. The molecule has 2 aromatic heterocycles. The lowest BCUT2D eigenvalue weighted by molar-refractivity contribution is 0.669. The van der Waals surface area contributed by atoms with Crippen molar-refractivity contribution >= 4 is 49.8 Å². The first-order valence-electron chi connectivity index (χ1n) is 14.1. The first-order chi connectivity index (χ1) is 20.8. The molecule has 0 fully saturated rings. The summed E-state index contributed by atoms with van der Waals surface area (Å²) in [5, 5.41) is 4.40. The van der Waals surface area contributed by atoms with Gasteiger partial charge in [-0.3, -0.25) is 4.98 Å². The van der Waals surface area contributed by atoms with Gasteiger partial charge in [-0.2, -0.15) is 0 Å². The van der Waals surface area contributed by atoms with Gasteiger partial charge in [0.25, 0.3) is 0 Å². The Hall–Kier alpha value is -5.67.